The lowest BCUT2D eigenvalue weighted by molar-refractivity contribution is 0.324. The Labute approximate surface area is 104 Å². The van der Waals surface area contributed by atoms with Crippen LogP contribution in [0.2, 0.25) is 0 Å². The third-order valence-electron chi connectivity index (χ3n) is 3.62. The second-order valence-electron chi connectivity index (χ2n) is 4.95. The molecule has 1 aromatic rings. The maximum atomic E-state index is 9.76. The van der Waals surface area contributed by atoms with Gasteiger partial charge in [-0.25, -0.2) is 0 Å². The van der Waals surface area contributed by atoms with E-state index in [0.29, 0.717) is 18.3 Å². The number of hydrogen-bond acceptors (Lipinski definition) is 2. The van der Waals surface area contributed by atoms with E-state index in [-0.39, 0.29) is 0 Å². The summed E-state index contributed by atoms with van der Waals surface area (Å²) in [4.78, 5) is 0. The van der Waals surface area contributed by atoms with Crippen LogP contribution in [0, 0.1) is 6.92 Å². The lowest BCUT2D eigenvalue weighted by Gasteiger charge is -2.25. The van der Waals surface area contributed by atoms with Crippen molar-refractivity contribution in [1.29, 1.82) is 0 Å². The number of ether oxygens (including phenoxy) is 1. The van der Waals surface area contributed by atoms with E-state index in [2.05, 4.69) is 0 Å². The van der Waals surface area contributed by atoms with E-state index in [0.717, 1.165) is 11.3 Å². The molecule has 0 radical (unpaired) electrons. The van der Waals surface area contributed by atoms with Crippen molar-refractivity contribution in [1.82, 2.24) is 0 Å². The van der Waals surface area contributed by atoms with E-state index in [1.165, 1.54) is 37.7 Å². The molecule has 0 bridgehead atoms. The number of hydrogen-bond donors (Lipinski definition) is 1. The molecule has 2 nitrogen and oxygen atoms in total. The highest BCUT2D eigenvalue weighted by molar-refractivity contribution is 5.48. The van der Waals surface area contributed by atoms with E-state index in [9.17, 15) is 5.11 Å². The van der Waals surface area contributed by atoms with Crippen LogP contribution in [0.5, 0.6) is 11.5 Å². The molecule has 1 N–H and O–H groups in total. The average molecular weight is 234 g/mol. The van der Waals surface area contributed by atoms with Gasteiger partial charge in [-0.3, -0.25) is 0 Å². The van der Waals surface area contributed by atoms with Crippen molar-refractivity contribution in [2.45, 2.75) is 51.9 Å². The first-order chi connectivity index (χ1) is 8.22. The second-order valence-corrected chi connectivity index (χ2v) is 4.95. The third-order valence-corrected chi connectivity index (χ3v) is 3.62. The molecule has 1 saturated carbocycles. The summed E-state index contributed by atoms with van der Waals surface area (Å²) in [6.45, 7) is 4.71. The topological polar surface area (TPSA) is 29.5 Å². The maximum absolute atomic E-state index is 9.76. The summed E-state index contributed by atoms with van der Waals surface area (Å²) in [6.07, 6.45) is 6.39. The van der Waals surface area contributed by atoms with Crippen LogP contribution >= 0.6 is 0 Å². The van der Waals surface area contributed by atoms with Gasteiger partial charge in [0, 0.05) is 5.56 Å². The monoisotopic (exact) mass is 234 g/mol. The van der Waals surface area contributed by atoms with Crippen molar-refractivity contribution in [2.75, 3.05) is 6.61 Å². The summed E-state index contributed by atoms with van der Waals surface area (Å²) < 4.78 is 5.76. The number of benzene rings is 1. The highest BCUT2D eigenvalue weighted by Gasteiger charge is 2.21. The quantitative estimate of drug-likeness (QED) is 0.851. The fourth-order valence-corrected chi connectivity index (χ4v) is 2.84. The lowest BCUT2D eigenvalue weighted by atomic mass is 9.83. The minimum absolute atomic E-state index is 0.367. The Balaban J connectivity index is 2.35. The molecule has 2 heteroatoms. The van der Waals surface area contributed by atoms with Crippen LogP contribution in [0.15, 0.2) is 12.1 Å². The first-order valence-electron chi connectivity index (χ1n) is 6.68. The number of phenols is 1. The highest BCUT2D eigenvalue weighted by Crippen LogP contribution is 2.40. The fraction of sp³-hybridized carbons (Fsp3) is 0.600. The zero-order valence-electron chi connectivity index (χ0n) is 10.8. The molecule has 0 unspecified atom stereocenters. The second kappa shape index (κ2) is 5.44. The van der Waals surface area contributed by atoms with Crippen molar-refractivity contribution in [3.63, 3.8) is 0 Å². The van der Waals surface area contributed by atoms with Gasteiger partial charge < -0.3 is 9.84 Å². The molecular weight excluding hydrogens is 212 g/mol. The van der Waals surface area contributed by atoms with Crippen LogP contribution < -0.4 is 4.74 Å². The van der Waals surface area contributed by atoms with Crippen LogP contribution in [-0.2, 0) is 0 Å². The van der Waals surface area contributed by atoms with Crippen molar-refractivity contribution in [3.05, 3.63) is 23.3 Å². The van der Waals surface area contributed by atoms with Crippen molar-refractivity contribution >= 4 is 0 Å². The average Bonchev–Trinajstić information content (AvgIpc) is 2.33. The molecule has 17 heavy (non-hydrogen) atoms. The first kappa shape index (κ1) is 12.3. The summed E-state index contributed by atoms with van der Waals surface area (Å²) in [5.74, 6) is 1.93. The standard InChI is InChI=1S/C15H22O2/c1-3-17-15-11(2)9-13(16)10-14(15)12-7-5-4-6-8-12/h9-10,12,16H,3-8H2,1-2H3. The van der Waals surface area contributed by atoms with Crippen LogP contribution in [0.1, 0.15) is 56.1 Å². The van der Waals surface area contributed by atoms with Gasteiger partial charge in [0.1, 0.15) is 11.5 Å². The molecule has 94 valence electrons. The molecule has 1 aliphatic carbocycles. The van der Waals surface area contributed by atoms with Gasteiger partial charge >= 0.3 is 0 Å². The zero-order valence-corrected chi connectivity index (χ0v) is 10.8. The predicted molar refractivity (Wildman–Crippen MR) is 69.8 cm³/mol. The van der Waals surface area contributed by atoms with Crippen LogP contribution in [-0.4, -0.2) is 11.7 Å². The van der Waals surface area contributed by atoms with Crippen molar-refractivity contribution in [2.24, 2.45) is 0 Å². The number of rotatable bonds is 3. The normalized spacial score (nSPS) is 17.1. The molecule has 0 heterocycles. The van der Waals surface area contributed by atoms with Gasteiger partial charge in [0.05, 0.1) is 6.61 Å². The predicted octanol–water partition coefficient (Wildman–Crippen LogP) is 4.15. The van der Waals surface area contributed by atoms with Gasteiger partial charge in [0.25, 0.3) is 0 Å². The van der Waals surface area contributed by atoms with E-state index in [1.807, 2.05) is 19.9 Å². The smallest absolute Gasteiger partial charge is 0.125 e. The third kappa shape index (κ3) is 2.74. The minimum Gasteiger partial charge on any atom is -0.508 e. The first-order valence-corrected chi connectivity index (χ1v) is 6.68. The van der Waals surface area contributed by atoms with E-state index in [1.54, 1.807) is 6.07 Å². The van der Waals surface area contributed by atoms with Gasteiger partial charge in [-0.05, 0) is 50.3 Å². The summed E-state index contributed by atoms with van der Waals surface area (Å²) in [7, 11) is 0. The van der Waals surface area contributed by atoms with Crippen LogP contribution in [0.25, 0.3) is 0 Å². The number of phenolic OH excluding ortho intramolecular Hbond substituents is 1. The summed E-state index contributed by atoms with van der Waals surface area (Å²) in [5, 5.41) is 9.76. The van der Waals surface area contributed by atoms with Gasteiger partial charge in [-0.1, -0.05) is 19.3 Å². The van der Waals surface area contributed by atoms with Crippen molar-refractivity contribution in [3.8, 4) is 11.5 Å². The van der Waals surface area contributed by atoms with E-state index < -0.39 is 0 Å². The van der Waals surface area contributed by atoms with Gasteiger partial charge in [-0.2, -0.15) is 0 Å². The Morgan fingerprint density at radius 1 is 1.24 bits per heavy atom. The lowest BCUT2D eigenvalue weighted by Crippen LogP contribution is -2.08. The minimum atomic E-state index is 0.367. The van der Waals surface area contributed by atoms with E-state index >= 15 is 0 Å². The Morgan fingerprint density at radius 3 is 2.59 bits per heavy atom. The largest absolute Gasteiger partial charge is 0.508 e. The van der Waals surface area contributed by atoms with Crippen LogP contribution in [0.4, 0.5) is 0 Å². The Morgan fingerprint density at radius 2 is 1.94 bits per heavy atom. The summed E-state index contributed by atoms with van der Waals surface area (Å²) >= 11 is 0. The molecule has 0 spiro atoms. The molecule has 2 rings (SSSR count). The molecule has 0 aromatic heterocycles. The molecule has 0 aliphatic heterocycles. The van der Waals surface area contributed by atoms with Crippen molar-refractivity contribution < 1.29 is 9.84 Å². The Bertz CT molecular complexity index is 379. The van der Waals surface area contributed by atoms with Gasteiger partial charge in [-0.15, -0.1) is 0 Å². The molecule has 1 fully saturated rings. The molecule has 1 aliphatic rings. The number of aryl methyl sites for hydroxylation is 1. The fourth-order valence-electron chi connectivity index (χ4n) is 2.84. The van der Waals surface area contributed by atoms with Gasteiger partial charge in [0.2, 0.25) is 0 Å². The molecular formula is C15H22O2. The summed E-state index contributed by atoms with van der Waals surface area (Å²) in [5.41, 5.74) is 2.26. The van der Waals surface area contributed by atoms with Gasteiger partial charge in [0.15, 0.2) is 0 Å². The zero-order chi connectivity index (χ0) is 12.3. The Hall–Kier alpha value is -1.18. The molecule has 0 atom stereocenters. The highest BCUT2D eigenvalue weighted by atomic mass is 16.5. The SMILES string of the molecule is CCOc1c(C)cc(O)cc1C1CCCCC1. The van der Waals surface area contributed by atoms with E-state index in [4.69, 9.17) is 4.74 Å². The Kier molecular flexibility index (Phi) is 3.93. The molecule has 0 amide bonds. The number of aromatic hydroxyl groups is 1. The van der Waals surface area contributed by atoms with Crippen LogP contribution in [0.3, 0.4) is 0 Å². The maximum Gasteiger partial charge on any atom is 0.125 e. The molecule has 0 saturated heterocycles. The molecule has 1 aromatic carbocycles. The summed E-state index contributed by atoms with van der Waals surface area (Å²) in [6, 6.07) is 3.69.